The Kier molecular flexibility index (Phi) is 6.04. The maximum atomic E-state index is 12.5. The number of hydrogen-bond donors (Lipinski definition) is 4. The molecule has 1 saturated heterocycles. The molecule has 1 aliphatic carbocycles. The molecule has 2 aliphatic rings. The summed E-state index contributed by atoms with van der Waals surface area (Å²) in [7, 11) is 0. The molecule has 7 nitrogen and oxygen atoms in total. The van der Waals surface area contributed by atoms with Crippen molar-refractivity contribution >= 4 is 28.4 Å². The highest BCUT2D eigenvalue weighted by atomic mass is 16.1. The second-order valence-electron chi connectivity index (χ2n) is 8.65. The van der Waals surface area contributed by atoms with E-state index in [0.717, 1.165) is 42.7 Å². The van der Waals surface area contributed by atoms with Gasteiger partial charge in [-0.3, -0.25) is 4.79 Å². The zero-order valence-corrected chi connectivity index (χ0v) is 18.1. The molecule has 0 bridgehead atoms. The number of aromatic amines is 1. The Hall–Kier alpha value is -3.37. The van der Waals surface area contributed by atoms with Gasteiger partial charge in [-0.2, -0.15) is 4.98 Å². The van der Waals surface area contributed by atoms with E-state index in [1.807, 2.05) is 12.1 Å². The zero-order valence-electron chi connectivity index (χ0n) is 18.1. The number of aromatic nitrogens is 3. The molecule has 2 fully saturated rings. The fourth-order valence-electron chi connectivity index (χ4n) is 4.39. The van der Waals surface area contributed by atoms with Crippen molar-refractivity contribution < 1.29 is 0 Å². The number of rotatable bonds is 4. The number of piperidine rings is 1. The summed E-state index contributed by atoms with van der Waals surface area (Å²) in [6.45, 7) is 2.10. The molecule has 3 heterocycles. The van der Waals surface area contributed by atoms with Gasteiger partial charge in [0.1, 0.15) is 5.65 Å². The highest BCUT2D eigenvalue weighted by Gasteiger charge is 2.13. The topological polar surface area (TPSA) is 94.7 Å². The first-order valence-electron chi connectivity index (χ1n) is 11.5. The first-order chi connectivity index (χ1) is 15.7. The highest BCUT2D eigenvalue weighted by molar-refractivity contribution is 5.76. The minimum absolute atomic E-state index is 0.208. The lowest BCUT2D eigenvalue weighted by atomic mass is 10.1. The second kappa shape index (κ2) is 9.41. The van der Waals surface area contributed by atoms with Gasteiger partial charge in [0.05, 0.1) is 5.56 Å². The summed E-state index contributed by atoms with van der Waals surface area (Å²) in [4.78, 5) is 24.2. The van der Waals surface area contributed by atoms with Crippen LogP contribution in [0.1, 0.15) is 44.1 Å². The second-order valence-corrected chi connectivity index (χ2v) is 8.65. The number of anilines is 3. The Bertz CT molecular complexity index is 1200. The van der Waals surface area contributed by atoms with Crippen molar-refractivity contribution in [1.29, 1.82) is 0 Å². The standard InChI is InChI=1S/C25H28N6O/c32-24-18(8-7-17-4-1-2-5-17)14-19-15-27-25(31-23(19)30-24)29-21-11-9-20(10-12-21)28-22-6-3-13-26-16-22/h9-12,14-15,17,22,26,28H,1-6,13,16H2,(H2,27,29,30,31,32). The number of nitrogens with one attached hydrogen (secondary N) is 4. The predicted molar refractivity (Wildman–Crippen MR) is 128 cm³/mol. The number of pyridine rings is 1. The number of H-pyrrole nitrogens is 1. The van der Waals surface area contributed by atoms with Gasteiger partial charge in [-0.25, -0.2) is 4.98 Å². The summed E-state index contributed by atoms with van der Waals surface area (Å²) >= 11 is 0. The third-order valence-electron chi connectivity index (χ3n) is 6.17. The third-order valence-corrected chi connectivity index (χ3v) is 6.17. The van der Waals surface area contributed by atoms with Gasteiger partial charge in [-0.05, 0) is 62.6 Å². The quantitative estimate of drug-likeness (QED) is 0.473. The van der Waals surface area contributed by atoms with Gasteiger partial charge in [0.25, 0.3) is 5.56 Å². The smallest absolute Gasteiger partial charge is 0.265 e. The van der Waals surface area contributed by atoms with E-state index in [4.69, 9.17) is 0 Å². The van der Waals surface area contributed by atoms with E-state index in [1.54, 1.807) is 12.3 Å². The summed E-state index contributed by atoms with van der Waals surface area (Å²) in [5.41, 5.74) is 2.75. The van der Waals surface area contributed by atoms with Crippen molar-refractivity contribution in [2.24, 2.45) is 5.92 Å². The van der Waals surface area contributed by atoms with Crippen LogP contribution < -0.4 is 21.5 Å². The minimum atomic E-state index is -0.208. The van der Waals surface area contributed by atoms with Crippen LogP contribution in [0.4, 0.5) is 17.3 Å². The van der Waals surface area contributed by atoms with Gasteiger partial charge in [-0.1, -0.05) is 24.7 Å². The molecular formula is C25H28N6O. The van der Waals surface area contributed by atoms with E-state index in [2.05, 4.69) is 54.9 Å². The van der Waals surface area contributed by atoms with Crippen LogP contribution in [0.5, 0.6) is 0 Å². The summed E-state index contributed by atoms with van der Waals surface area (Å²) < 4.78 is 0. The van der Waals surface area contributed by atoms with Crippen molar-refractivity contribution in [3.63, 3.8) is 0 Å². The molecule has 0 amide bonds. The van der Waals surface area contributed by atoms with Gasteiger partial charge in [-0.15, -0.1) is 0 Å². The van der Waals surface area contributed by atoms with Crippen molar-refractivity contribution in [2.45, 2.75) is 44.6 Å². The SMILES string of the molecule is O=c1[nH]c2nc(Nc3ccc(NC4CCCNC4)cc3)ncc2cc1C#CC1CCCC1. The van der Waals surface area contributed by atoms with Crippen molar-refractivity contribution in [3.05, 3.63) is 52.4 Å². The van der Waals surface area contributed by atoms with Crippen LogP contribution in [0.3, 0.4) is 0 Å². The van der Waals surface area contributed by atoms with E-state index in [9.17, 15) is 4.79 Å². The molecule has 1 unspecified atom stereocenters. The lowest BCUT2D eigenvalue weighted by Gasteiger charge is -2.24. The van der Waals surface area contributed by atoms with Gasteiger partial charge in [0.15, 0.2) is 0 Å². The van der Waals surface area contributed by atoms with Crippen LogP contribution in [-0.2, 0) is 0 Å². The molecule has 32 heavy (non-hydrogen) atoms. The average molecular weight is 429 g/mol. The molecule has 1 aliphatic heterocycles. The normalized spacial score (nSPS) is 18.8. The molecule has 4 N–H and O–H groups in total. The van der Waals surface area contributed by atoms with Gasteiger partial charge in [0.2, 0.25) is 5.95 Å². The van der Waals surface area contributed by atoms with Crippen LogP contribution in [0, 0.1) is 17.8 Å². The maximum absolute atomic E-state index is 12.5. The van der Waals surface area contributed by atoms with E-state index >= 15 is 0 Å². The summed E-state index contributed by atoms with van der Waals surface area (Å²) in [6.07, 6.45) is 8.82. The highest BCUT2D eigenvalue weighted by Crippen LogP contribution is 2.24. The van der Waals surface area contributed by atoms with E-state index in [0.29, 0.717) is 29.1 Å². The number of benzene rings is 1. The Labute approximate surface area is 187 Å². The molecule has 7 heteroatoms. The van der Waals surface area contributed by atoms with Crippen LogP contribution >= 0.6 is 0 Å². The molecule has 1 aromatic carbocycles. The Morgan fingerprint density at radius 3 is 2.62 bits per heavy atom. The first-order valence-corrected chi connectivity index (χ1v) is 11.5. The molecule has 2 aromatic heterocycles. The Morgan fingerprint density at radius 2 is 1.84 bits per heavy atom. The average Bonchev–Trinajstić information content (AvgIpc) is 3.33. The lowest BCUT2D eigenvalue weighted by Crippen LogP contribution is -2.38. The molecule has 0 spiro atoms. The summed E-state index contributed by atoms with van der Waals surface area (Å²) in [5.74, 6) is 7.16. The predicted octanol–water partition coefficient (Wildman–Crippen LogP) is 3.77. The minimum Gasteiger partial charge on any atom is -0.381 e. The van der Waals surface area contributed by atoms with E-state index < -0.39 is 0 Å². The number of nitrogens with zero attached hydrogens (tertiary/aromatic N) is 2. The van der Waals surface area contributed by atoms with Crippen LogP contribution in [0.25, 0.3) is 11.0 Å². The zero-order chi connectivity index (χ0) is 21.8. The molecule has 1 atom stereocenters. The Balaban J connectivity index is 1.28. The van der Waals surface area contributed by atoms with Crippen molar-refractivity contribution in [2.75, 3.05) is 23.7 Å². The molecule has 164 valence electrons. The molecule has 0 radical (unpaired) electrons. The van der Waals surface area contributed by atoms with E-state index in [-0.39, 0.29) is 5.56 Å². The molecule has 5 rings (SSSR count). The van der Waals surface area contributed by atoms with Crippen LogP contribution in [0.2, 0.25) is 0 Å². The third kappa shape index (κ3) is 4.92. The lowest BCUT2D eigenvalue weighted by molar-refractivity contribution is 0.480. The largest absolute Gasteiger partial charge is 0.381 e. The number of hydrogen-bond acceptors (Lipinski definition) is 6. The van der Waals surface area contributed by atoms with Gasteiger partial charge in [0, 0.05) is 41.5 Å². The van der Waals surface area contributed by atoms with Gasteiger partial charge >= 0.3 is 0 Å². The number of fused-ring (bicyclic) bond motifs is 1. The summed E-state index contributed by atoms with van der Waals surface area (Å²) in [5, 5.41) is 11.0. The molecule has 3 aromatic rings. The van der Waals surface area contributed by atoms with Gasteiger partial charge < -0.3 is 20.9 Å². The van der Waals surface area contributed by atoms with Crippen molar-refractivity contribution in [1.82, 2.24) is 20.3 Å². The fourth-order valence-corrected chi connectivity index (χ4v) is 4.39. The molecule has 1 saturated carbocycles. The molecular weight excluding hydrogens is 400 g/mol. The maximum Gasteiger partial charge on any atom is 0.265 e. The van der Waals surface area contributed by atoms with Crippen LogP contribution in [0.15, 0.2) is 41.3 Å². The Morgan fingerprint density at radius 1 is 1.03 bits per heavy atom. The fraction of sp³-hybridized carbons (Fsp3) is 0.400. The first kappa shape index (κ1) is 20.5. The monoisotopic (exact) mass is 428 g/mol. The van der Waals surface area contributed by atoms with Crippen molar-refractivity contribution in [3.8, 4) is 11.8 Å². The van der Waals surface area contributed by atoms with E-state index in [1.165, 1.54) is 25.7 Å². The van der Waals surface area contributed by atoms with Crippen LogP contribution in [-0.4, -0.2) is 34.1 Å². The summed E-state index contributed by atoms with van der Waals surface area (Å²) in [6, 6.07) is 10.3.